The summed E-state index contributed by atoms with van der Waals surface area (Å²) in [7, 11) is 0. The van der Waals surface area contributed by atoms with Gasteiger partial charge in [0.1, 0.15) is 5.69 Å². The lowest BCUT2D eigenvalue weighted by molar-refractivity contribution is -0.276. The van der Waals surface area contributed by atoms with Crippen molar-refractivity contribution in [1.82, 2.24) is 4.98 Å². The zero-order valence-corrected chi connectivity index (χ0v) is 7.23. The molecule has 90 valence electrons. The molecule has 3 nitrogen and oxygen atoms in total. The van der Waals surface area contributed by atoms with Crippen molar-refractivity contribution < 1.29 is 36.2 Å². The molecule has 16 heavy (non-hydrogen) atoms. The van der Waals surface area contributed by atoms with Crippen LogP contribution in [0.5, 0.6) is 11.6 Å². The number of pyridine rings is 1. The van der Waals surface area contributed by atoms with Gasteiger partial charge < -0.3 is 9.84 Å². The van der Waals surface area contributed by atoms with Crippen molar-refractivity contribution >= 4 is 0 Å². The Balaban J connectivity index is 3.17. The molecule has 0 aliphatic carbocycles. The van der Waals surface area contributed by atoms with Gasteiger partial charge in [-0.15, -0.1) is 13.2 Å². The molecule has 1 aromatic heterocycles. The maximum absolute atomic E-state index is 12.7. The highest BCUT2D eigenvalue weighted by molar-refractivity contribution is 5.35. The first-order valence-corrected chi connectivity index (χ1v) is 3.64. The van der Waals surface area contributed by atoms with Gasteiger partial charge in [0.25, 0.3) is 12.3 Å². The molecular formula is C7H3F6NO2. The lowest BCUT2D eigenvalue weighted by Gasteiger charge is -2.10. The fourth-order valence-electron chi connectivity index (χ4n) is 0.795. The fourth-order valence-corrected chi connectivity index (χ4v) is 0.795. The number of aromatic nitrogens is 1. The molecule has 0 saturated heterocycles. The van der Waals surface area contributed by atoms with Crippen molar-refractivity contribution in [3.05, 3.63) is 17.6 Å². The summed E-state index contributed by atoms with van der Waals surface area (Å²) < 4.78 is 75.0. The lowest BCUT2D eigenvalue weighted by Crippen LogP contribution is -2.18. The normalized spacial score (nSPS) is 11.9. The van der Waals surface area contributed by atoms with Gasteiger partial charge >= 0.3 is 6.36 Å². The predicted molar refractivity (Wildman–Crippen MR) is 37.5 cm³/mol. The molecular weight excluding hydrogens is 244 g/mol. The zero-order valence-electron chi connectivity index (χ0n) is 7.23. The topological polar surface area (TPSA) is 42.4 Å². The lowest BCUT2D eigenvalue weighted by atomic mass is 10.3. The minimum absolute atomic E-state index is 0.114. The second-order valence-electron chi connectivity index (χ2n) is 2.53. The van der Waals surface area contributed by atoms with Crippen LogP contribution < -0.4 is 4.74 Å². The standard InChI is InChI=1S/C7H3F6NO2/c8-2-1-3(5(9)10)14-6(4(2)15)16-7(11,12)13/h1,5,15H. The van der Waals surface area contributed by atoms with Crippen LogP contribution in [0.2, 0.25) is 0 Å². The van der Waals surface area contributed by atoms with Crippen LogP contribution in [-0.2, 0) is 0 Å². The Morgan fingerprint density at radius 3 is 2.31 bits per heavy atom. The minimum Gasteiger partial charge on any atom is -0.501 e. The monoisotopic (exact) mass is 247 g/mol. The van der Waals surface area contributed by atoms with E-state index in [4.69, 9.17) is 5.11 Å². The summed E-state index contributed by atoms with van der Waals surface area (Å²) in [5, 5.41) is 8.76. The van der Waals surface area contributed by atoms with Crippen molar-refractivity contribution in [2.24, 2.45) is 0 Å². The van der Waals surface area contributed by atoms with E-state index in [1.165, 1.54) is 0 Å². The van der Waals surface area contributed by atoms with E-state index in [0.717, 1.165) is 0 Å². The molecule has 0 amide bonds. The molecule has 1 N–H and O–H groups in total. The molecule has 0 aromatic carbocycles. The average molecular weight is 247 g/mol. The molecule has 0 radical (unpaired) electrons. The van der Waals surface area contributed by atoms with E-state index >= 15 is 0 Å². The SMILES string of the molecule is Oc1c(F)cc(C(F)F)nc1OC(F)(F)F. The van der Waals surface area contributed by atoms with Gasteiger partial charge in [-0.2, -0.15) is 0 Å². The number of halogens is 6. The number of aromatic hydroxyl groups is 1. The molecule has 1 rings (SSSR count). The summed E-state index contributed by atoms with van der Waals surface area (Å²) in [5.74, 6) is -4.91. The van der Waals surface area contributed by atoms with Crippen molar-refractivity contribution in [3.63, 3.8) is 0 Å². The van der Waals surface area contributed by atoms with Gasteiger partial charge in [0, 0.05) is 6.07 Å². The first kappa shape index (κ1) is 12.4. The Hall–Kier alpha value is -1.67. The summed E-state index contributed by atoms with van der Waals surface area (Å²) in [6.45, 7) is 0. The summed E-state index contributed by atoms with van der Waals surface area (Å²) in [4.78, 5) is 2.64. The first-order valence-electron chi connectivity index (χ1n) is 3.64. The predicted octanol–water partition coefficient (Wildman–Crippen LogP) is 2.76. The van der Waals surface area contributed by atoms with Gasteiger partial charge in [-0.05, 0) is 0 Å². The molecule has 9 heteroatoms. The van der Waals surface area contributed by atoms with E-state index in [1.54, 1.807) is 0 Å². The van der Waals surface area contributed by atoms with Gasteiger partial charge in [0.2, 0.25) is 5.75 Å². The molecule has 0 aliphatic heterocycles. The van der Waals surface area contributed by atoms with Crippen LogP contribution in [0.15, 0.2) is 6.07 Å². The highest BCUT2D eigenvalue weighted by Crippen LogP contribution is 2.33. The summed E-state index contributed by atoms with van der Waals surface area (Å²) in [6, 6.07) is 0.114. The van der Waals surface area contributed by atoms with E-state index in [9.17, 15) is 26.3 Å². The van der Waals surface area contributed by atoms with Crippen LogP contribution in [-0.4, -0.2) is 16.5 Å². The molecule has 0 bridgehead atoms. The van der Waals surface area contributed by atoms with Crippen molar-refractivity contribution in [1.29, 1.82) is 0 Å². The van der Waals surface area contributed by atoms with Crippen molar-refractivity contribution in [2.45, 2.75) is 12.8 Å². The smallest absolute Gasteiger partial charge is 0.501 e. The molecule has 0 atom stereocenters. The second-order valence-corrected chi connectivity index (χ2v) is 2.53. The molecule has 1 heterocycles. The summed E-state index contributed by atoms with van der Waals surface area (Å²) in [5.41, 5.74) is -1.27. The second kappa shape index (κ2) is 4.06. The molecule has 0 fully saturated rings. The van der Waals surface area contributed by atoms with Gasteiger partial charge in [-0.1, -0.05) is 0 Å². The van der Waals surface area contributed by atoms with E-state index < -0.39 is 35.9 Å². The van der Waals surface area contributed by atoms with Gasteiger partial charge in [0.05, 0.1) is 0 Å². The van der Waals surface area contributed by atoms with E-state index in [1.807, 2.05) is 0 Å². The maximum atomic E-state index is 12.7. The Labute approximate surface area is 84.3 Å². The third-order valence-corrected chi connectivity index (χ3v) is 1.37. The third-order valence-electron chi connectivity index (χ3n) is 1.37. The largest absolute Gasteiger partial charge is 0.574 e. The van der Waals surface area contributed by atoms with Crippen molar-refractivity contribution in [3.8, 4) is 11.6 Å². The van der Waals surface area contributed by atoms with E-state index in [0.29, 0.717) is 0 Å². The first-order chi connectivity index (χ1) is 7.20. The minimum atomic E-state index is -5.27. The van der Waals surface area contributed by atoms with Crippen LogP contribution >= 0.6 is 0 Å². The molecule has 0 unspecified atom stereocenters. The van der Waals surface area contributed by atoms with Crippen LogP contribution in [0.25, 0.3) is 0 Å². The van der Waals surface area contributed by atoms with Crippen LogP contribution in [0.3, 0.4) is 0 Å². The Kier molecular flexibility index (Phi) is 3.15. The Morgan fingerprint density at radius 1 is 1.31 bits per heavy atom. The molecule has 0 aliphatic rings. The molecule has 1 aromatic rings. The zero-order chi connectivity index (χ0) is 12.5. The van der Waals surface area contributed by atoms with Gasteiger partial charge in [0.15, 0.2) is 5.82 Å². The quantitative estimate of drug-likeness (QED) is 0.817. The number of hydrogen-bond acceptors (Lipinski definition) is 3. The molecule has 0 saturated carbocycles. The summed E-state index contributed by atoms with van der Waals surface area (Å²) in [6.07, 6.45) is -8.55. The average Bonchev–Trinajstić information content (AvgIpc) is 2.10. The number of alkyl halides is 5. The van der Waals surface area contributed by atoms with Crippen molar-refractivity contribution in [2.75, 3.05) is 0 Å². The van der Waals surface area contributed by atoms with E-state index in [-0.39, 0.29) is 6.07 Å². The third kappa shape index (κ3) is 2.91. The highest BCUT2D eigenvalue weighted by atomic mass is 19.4. The fraction of sp³-hybridized carbons (Fsp3) is 0.286. The number of rotatable bonds is 2. The molecule has 0 spiro atoms. The number of ether oxygens (including phenoxy) is 1. The van der Waals surface area contributed by atoms with Gasteiger partial charge in [-0.25, -0.2) is 18.2 Å². The number of hydrogen-bond donors (Lipinski definition) is 1. The van der Waals surface area contributed by atoms with Crippen LogP contribution in [0, 0.1) is 5.82 Å². The highest BCUT2D eigenvalue weighted by Gasteiger charge is 2.34. The Bertz CT molecular complexity index is 391. The van der Waals surface area contributed by atoms with Crippen LogP contribution in [0.1, 0.15) is 12.1 Å². The Morgan fingerprint density at radius 2 is 1.88 bits per heavy atom. The number of nitrogens with zero attached hydrogens (tertiary/aromatic N) is 1. The van der Waals surface area contributed by atoms with Gasteiger partial charge in [-0.3, -0.25) is 0 Å². The van der Waals surface area contributed by atoms with E-state index in [2.05, 4.69) is 9.72 Å². The van der Waals surface area contributed by atoms with Crippen LogP contribution in [0.4, 0.5) is 26.3 Å². The maximum Gasteiger partial charge on any atom is 0.574 e. The summed E-state index contributed by atoms with van der Waals surface area (Å²) >= 11 is 0.